The van der Waals surface area contributed by atoms with Crippen molar-refractivity contribution in [2.24, 2.45) is 0 Å². The number of hydrogen-bond donors (Lipinski definition) is 0. The van der Waals surface area contributed by atoms with E-state index in [1.807, 2.05) is 0 Å². The molecule has 0 N–H and O–H groups in total. The Bertz CT molecular complexity index is 1160. The van der Waals surface area contributed by atoms with E-state index in [1.54, 1.807) is 0 Å². The topological polar surface area (TPSA) is 3.24 Å². The molecule has 0 saturated heterocycles. The molecule has 0 atom stereocenters. The average Bonchev–Trinajstić information content (AvgIpc) is 3.02. The molecule has 1 aliphatic carbocycles. The summed E-state index contributed by atoms with van der Waals surface area (Å²) in [4.78, 5) is 2.34. The zero-order valence-electron chi connectivity index (χ0n) is 20.5. The van der Waals surface area contributed by atoms with Gasteiger partial charge in [-0.15, -0.1) is 0 Å². The van der Waals surface area contributed by atoms with Gasteiger partial charge in [0.25, 0.3) is 0 Å². The quantitative estimate of drug-likeness (QED) is 0.399. The zero-order chi connectivity index (χ0) is 23.6. The first kappa shape index (κ1) is 23.7. The Hall–Kier alpha value is -2.44. The number of fused-ring (bicyclic) bond motifs is 1. The summed E-state index contributed by atoms with van der Waals surface area (Å²) in [5, 5.41) is 0. The zero-order valence-corrected chi connectivity index (χ0v) is 21.5. The van der Waals surface area contributed by atoms with Crippen LogP contribution in [0.4, 0.5) is 5.69 Å². The first-order valence-corrected chi connectivity index (χ1v) is 12.4. The van der Waals surface area contributed by atoms with E-state index in [-0.39, 0.29) is 10.8 Å². The Labute approximate surface area is 207 Å². The molecule has 1 heterocycles. The van der Waals surface area contributed by atoms with Crippen LogP contribution < -0.4 is 4.90 Å². The number of nitrogens with zero attached hydrogens (tertiary/aromatic N) is 1. The van der Waals surface area contributed by atoms with Crippen molar-refractivity contribution >= 4 is 10.2 Å². The van der Waals surface area contributed by atoms with E-state index in [4.69, 9.17) is 15.0 Å². The van der Waals surface area contributed by atoms with Gasteiger partial charge in [-0.3, -0.25) is 0 Å². The Kier molecular flexibility index (Phi) is 6.78. The van der Waals surface area contributed by atoms with Crippen molar-refractivity contribution in [2.45, 2.75) is 57.8 Å². The van der Waals surface area contributed by atoms with E-state index >= 15 is 0 Å². The van der Waals surface area contributed by atoms with Gasteiger partial charge >= 0.3 is 196 Å². The summed E-state index contributed by atoms with van der Waals surface area (Å²) in [6.07, 6.45) is 14.8. The Morgan fingerprint density at radius 1 is 0.970 bits per heavy atom. The van der Waals surface area contributed by atoms with Gasteiger partial charge in [0.05, 0.1) is 0 Å². The van der Waals surface area contributed by atoms with Crippen LogP contribution in [0.1, 0.15) is 58.1 Å². The molecule has 1 nitrogen and oxygen atoms in total. The summed E-state index contributed by atoms with van der Waals surface area (Å²) in [5.41, 5.74) is 7.97. The first-order chi connectivity index (χ1) is 15.7. The monoisotopic (exact) mass is 479 g/mol. The van der Waals surface area contributed by atoms with Gasteiger partial charge in [0.15, 0.2) is 0 Å². The Balaban J connectivity index is 1.53. The summed E-state index contributed by atoms with van der Waals surface area (Å²) >= 11 is 5.47. The summed E-state index contributed by atoms with van der Waals surface area (Å²) in [6, 6.07) is 19.3. The predicted octanol–water partition coefficient (Wildman–Crippen LogP) is 7.59. The van der Waals surface area contributed by atoms with Crippen LogP contribution in [0.2, 0.25) is 0 Å². The third-order valence-corrected chi connectivity index (χ3v) is 7.97. The molecule has 2 aromatic rings. The van der Waals surface area contributed by atoms with E-state index in [9.17, 15) is 0 Å². The predicted molar refractivity (Wildman–Crippen MR) is 140 cm³/mol. The van der Waals surface area contributed by atoms with E-state index in [0.29, 0.717) is 0 Å². The summed E-state index contributed by atoms with van der Waals surface area (Å²) in [5.74, 6) is 0. The SMILES string of the molecule is CN1/C(=C/C=C2C=C(/C=C/[C](=[Ni])C(C)(C)c3ccccc3)CCC/2)C(C)(C)c2ccccc21. The van der Waals surface area contributed by atoms with E-state index in [0.717, 1.165) is 17.3 Å². The summed E-state index contributed by atoms with van der Waals surface area (Å²) in [6.45, 7) is 9.08. The number of anilines is 1. The fourth-order valence-corrected chi connectivity index (χ4v) is 5.22. The minimum atomic E-state index is -0.135. The molecular weight excluding hydrogens is 445 g/mol. The maximum absolute atomic E-state index is 5.47. The molecule has 2 aliphatic rings. The van der Waals surface area contributed by atoms with E-state index < -0.39 is 0 Å². The van der Waals surface area contributed by atoms with Gasteiger partial charge in [-0.2, -0.15) is 0 Å². The second kappa shape index (κ2) is 9.43. The van der Waals surface area contributed by atoms with Crippen molar-refractivity contribution in [3.8, 4) is 0 Å². The molecule has 2 aromatic carbocycles. The molecule has 33 heavy (non-hydrogen) atoms. The fourth-order valence-electron chi connectivity index (χ4n) is 5.00. The van der Waals surface area contributed by atoms with Crippen molar-refractivity contribution in [2.75, 3.05) is 11.9 Å². The average molecular weight is 480 g/mol. The van der Waals surface area contributed by atoms with Crippen molar-refractivity contribution in [1.29, 1.82) is 0 Å². The van der Waals surface area contributed by atoms with E-state index in [1.165, 1.54) is 40.1 Å². The molecule has 0 bridgehead atoms. The number of likely N-dealkylation sites (N-methyl/N-ethyl adjacent to an activating group) is 1. The van der Waals surface area contributed by atoms with Gasteiger partial charge in [0.2, 0.25) is 0 Å². The second-order valence-electron chi connectivity index (χ2n) is 10.2. The van der Waals surface area contributed by atoms with Gasteiger partial charge in [0, 0.05) is 0 Å². The molecule has 0 radical (unpaired) electrons. The molecule has 4 rings (SSSR count). The summed E-state index contributed by atoms with van der Waals surface area (Å²) < 4.78 is 1.01. The molecule has 174 valence electrons. The molecule has 0 saturated carbocycles. The van der Waals surface area contributed by atoms with Gasteiger partial charge in [-0.1, -0.05) is 12.1 Å². The molecule has 0 aromatic heterocycles. The number of para-hydroxylation sites is 1. The molecule has 0 amide bonds. The third kappa shape index (κ3) is 4.78. The van der Waals surface area contributed by atoms with Crippen LogP contribution in [0.3, 0.4) is 0 Å². The molecule has 0 unspecified atom stereocenters. The third-order valence-electron chi connectivity index (χ3n) is 7.18. The number of benzene rings is 2. The first-order valence-electron chi connectivity index (χ1n) is 11.9. The minimum absolute atomic E-state index is 0.0140. The fraction of sp³-hybridized carbons (Fsp3) is 0.323. The normalized spacial score (nSPS) is 20.5. The van der Waals surface area contributed by atoms with Gasteiger partial charge in [0.1, 0.15) is 0 Å². The molecule has 0 fully saturated rings. The Morgan fingerprint density at radius 3 is 2.39 bits per heavy atom. The number of rotatable bonds is 5. The van der Waals surface area contributed by atoms with Crippen LogP contribution in [0.5, 0.6) is 0 Å². The maximum atomic E-state index is 5.47. The molecular formula is C31H35NNi. The van der Waals surface area contributed by atoms with Crippen LogP contribution in [-0.4, -0.2) is 11.5 Å². The standard InChI is InChI=1S/C31H35N.Ni/c1-30(2,26-16-7-6-8-17-26)22-12-15-24-13-11-14-25(23-24)20-21-29-31(3,4)27-18-9-10-19-28(27)32(29)5;/h6-10,12,15-21,23H,11,13-14H2,1-5H3;/b15-12+,25-20+,29-21+;. The molecule has 2 heteroatoms. The Morgan fingerprint density at radius 2 is 1.67 bits per heavy atom. The summed E-state index contributed by atoms with van der Waals surface area (Å²) in [7, 11) is 2.18. The van der Waals surface area contributed by atoms with Crippen LogP contribution in [-0.2, 0) is 25.9 Å². The van der Waals surface area contributed by atoms with Crippen LogP contribution in [0.25, 0.3) is 0 Å². The van der Waals surface area contributed by atoms with Crippen molar-refractivity contribution < 1.29 is 15.0 Å². The van der Waals surface area contributed by atoms with Gasteiger partial charge < -0.3 is 0 Å². The van der Waals surface area contributed by atoms with Crippen molar-refractivity contribution in [3.63, 3.8) is 0 Å². The molecule has 1 aliphatic heterocycles. The number of allylic oxidation sites excluding steroid dienone is 8. The van der Waals surface area contributed by atoms with Crippen LogP contribution in [0, 0.1) is 0 Å². The number of hydrogen-bond acceptors (Lipinski definition) is 1. The van der Waals surface area contributed by atoms with Gasteiger partial charge in [-0.25, -0.2) is 0 Å². The van der Waals surface area contributed by atoms with Crippen molar-refractivity contribution in [3.05, 3.63) is 113 Å². The van der Waals surface area contributed by atoms with Crippen LogP contribution in [0.15, 0.2) is 102 Å². The van der Waals surface area contributed by atoms with Crippen LogP contribution >= 0.6 is 0 Å². The second-order valence-corrected chi connectivity index (χ2v) is 10.7. The molecule has 0 spiro atoms. The van der Waals surface area contributed by atoms with E-state index in [2.05, 4.69) is 125 Å². The van der Waals surface area contributed by atoms with Gasteiger partial charge in [-0.05, 0) is 0 Å². The van der Waals surface area contributed by atoms with Crippen molar-refractivity contribution in [1.82, 2.24) is 0 Å².